The summed E-state index contributed by atoms with van der Waals surface area (Å²) in [5.41, 5.74) is 0.757. The maximum Gasteiger partial charge on any atom is 0.305 e. The van der Waals surface area contributed by atoms with Gasteiger partial charge in [-0.05, 0) is 5.56 Å². The molecule has 108 valence electrons. The third-order valence-corrected chi connectivity index (χ3v) is 3.40. The number of aliphatic carboxylic acids is 1. The van der Waals surface area contributed by atoms with Crippen LogP contribution in [0.4, 0.5) is 0 Å². The molecule has 6 heteroatoms. The van der Waals surface area contributed by atoms with Crippen LogP contribution in [0.3, 0.4) is 0 Å². The van der Waals surface area contributed by atoms with Crippen LogP contribution in [0.25, 0.3) is 0 Å². The van der Waals surface area contributed by atoms with Crippen molar-refractivity contribution in [2.24, 2.45) is 0 Å². The molecule has 1 aliphatic heterocycles. The fourth-order valence-electron chi connectivity index (χ4n) is 2.37. The van der Waals surface area contributed by atoms with Crippen LogP contribution in [-0.2, 0) is 9.59 Å². The summed E-state index contributed by atoms with van der Waals surface area (Å²) >= 11 is 0. The molecule has 6 nitrogen and oxygen atoms in total. The lowest BCUT2D eigenvalue weighted by Gasteiger charge is -2.35. The number of piperazine rings is 1. The van der Waals surface area contributed by atoms with E-state index in [0.717, 1.165) is 5.56 Å². The van der Waals surface area contributed by atoms with E-state index in [-0.39, 0.29) is 18.9 Å². The average Bonchev–Trinajstić information content (AvgIpc) is 2.43. The van der Waals surface area contributed by atoms with Crippen molar-refractivity contribution in [3.8, 4) is 0 Å². The first kappa shape index (κ1) is 14.5. The first-order valence-electron chi connectivity index (χ1n) is 6.54. The minimum Gasteiger partial charge on any atom is -0.481 e. The van der Waals surface area contributed by atoms with Crippen LogP contribution in [0, 0.1) is 0 Å². The molecule has 2 rings (SSSR count). The zero-order valence-electron chi connectivity index (χ0n) is 11.0. The van der Waals surface area contributed by atoms with Gasteiger partial charge >= 0.3 is 5.97 Å². The molecule has 0 aliphatic carbocycles. The lowest BCUT2D eigenvalue weighted by molar-refractivity contribution is -0.143. The number of carbonyl (C=O) groups is 2. The van der Waals surface area contributed by atoms with Gasteiger partial charge in [0.15, 0.2) is 0 Å². The Bertz CT molecular complexity index is 477. The van der Waals surface area contributed by atoms with Gasteiger partial charge in [0.2, 0.25) is 5.91 Å². The molecule has 2 unspecified atom stereocenters. The molecule has 0 bridgehead atoms. The highest BCUT2D eigenvalue weighted by molar-refractivity contribution is 5.86. The normalized spacial score (nSPS) is 21.2. The number of rotatable bonds is 5. The number of hydrogen-bond acceptors (Lipinski definition) is 4. The van der Waals surface area contributed by atoms with Crippen LogP contribution in [0.1, 0.15) is 18.1 Å². The summed E-state index contributed by atoms with van der Waals surface area (Å²) in [5, 5.41) is 21.7. The zero-order chi connectivity index (χ0) is 14.5. The molecule has 1 aliphatic rings. The maximum absolute atomic E-state index is 11.8. The van der Waals surface area contributed by atoms with E-state index >= 15 is 0 Å². The molecule has 2 atom stereocenters. The molecule has 0 spiro atoms. The quantitative estimate of drug-likeness (QED) is 0.705. The van der Waals surface area contributed by atoms with Gasteiger partial charge in [0, 0.05) is 19.6 Å². The minimum absolute atomic E-state index is 0.245. The van der Waals surface area contributed by atoms with Crippen molar-refractivity contribution in [2.45, 2.75) is 18.6 Å². The Hall–Kier alpha value is -1.92. The smallest absolute Gasteiger partial charge is 0.305 e. The molecule has 0 saturated carbocycles. The average molecular weight is 278 g/mol. The SMILES string of the molecule is O=C(O)CC1C(=O)NCCN1CC(O)c1ccccc1. The second kappa shape index (κ2) is 6.49. The van der Waals surface area contributed by atoms with Crippen molar-refractivity contribution < 1.29 is 19.8 Å². The predicted octanol–water partition coefficient (Wildman–Crippen LogP) is -0.00490. The number of carboxylic acids is 1. The van der Waals surface area contributed by atoms with E-state index in [1.54, 1.807) is 17.0 Å². The summed E-state index contributed by atoms with van der Waals surface area (Å²) in [6, 6.07) is 8.41. The number of hydrogen-bond donors (Lipinski definition) is 3. The summed E-state index contributed by atoms with van der Waals surface area (Å²) in [6.45, 7) is 1.25. The predicted molar refractivity (Wildman–Crippen MR) is 72.0 cm³/mol. The standard InChI is InChI=1S/C14H18N2O4/c17-12(10-4-2-1-3-5-10)9-16-7-6-15-14(20)11(16)8-13(18)19/h1-5,11-12,17H,6-9H2,(H,15,20)(H,18,19). The third kappa shape index (κ3) is 3.55. The van der Waals surface area contributed by atoms with Crippen LogP contribution in [0.2, 0.25) is 0 Å². The molecule has 0 aromatic heterocycles. The highest BCUT2D eigenvalue weighted by Gasteiger charge is 2.32. The number of carboxylic acid groups (broad SMARTS) is 1. The monoisotopic (exact) mass is 278 g/mol. The van der Waals surface area contributed by atoms with Crippen molar-refractivity contribution >= 4 is 11.9 Å². The van der Waals surface area contributed by atoms with Gasteiger partial charge in [-0.3, -0.25) is 14.5 Å². The van der Waals surface area contributed by atoms with E-state index in [1.807, 2.05) is 18.2 Å². The number of benzene rings is 1. The van der Waals surface area contributed by atoms with Crippen molar-refractivity contribution in [3.05, 3.63) is 35.9 Å². The van der Waals surface area contributed by atoms with Gasteiger partial charge in [-0.2, -0.15) is 0 Å². The largest absolute Gasteiger partial charge is 0.481 e. The second-order valence-corrected chi connectivity index (χ2v) is 4.83. The molecular weight excluding hydrogens is 260 g/mol. The molecular formula is C14H18N2O4. The van der Waals surface area contributed by atoms with E-state index in [4.69, 9.17) is 5.11 Å². The van der Waals surface area contributed by atoms with Gasteiger partial charge in [0.1, 0.15) is 0 Å². The molecule has 20 heavy (non-hydrogen) atoms. The van der Waals surface area contributed by atoms with Crippen molar-refractivity contribution in [2.75, 3.05) is 19.6 Å². The Morgan fingerprint density at radius 1 is 1.40 bits per heavy atom. The number of amides is 1. The van der Waals surface area contributed by atoms with Crippen molar-refractivity contribution in [1.82, 2.24) is 10.2 Å². The third-order valence-electron chi connectivity index (χ3n) is 3.40. The van der Waals surface area contributed by atoms with E-state index in [1.165, 1.54) is 0 Å². The molecule has 1 heterocycles. The summed E-state index contributed by atoms with van der Waals surface area (Å²) in [5.74, 6) is -1.31. The summed E-state index contributed by atoms with van der Waals surface area (Å²) in [7, 11) is 0. The Morgan fingerprint density at radius 2 is 2.10 bits per heavy atom. The van der Waals surface area contributed by atoms with Crippen molar-refractivity contribution in [1.29, 1.82) is 0 Å². The van der Waals surface area contributed by atoms with Gasteiger partial charge in [-0.25, -0.2) is 0 Å². The van der Waals surface area contributed by atoms with Crippen molar-refractivity contribution in [3.63, 3.8) is 0 Å². The fraction of sp³-hybridized carbons (Fsp3) is 0.429. The second-order valence-electron chi connectivity index (χ2n) is 4.83. The van der Waals surface area contributed by atoms with Gasteiger partial charge < -0.3 is 15.5 Å². The van der Waals surface area contributed by atoms with Gasteiger partial charge in [-0.15, -0.1) is 0 Å². The Kier molecular flexibility index (Phi) is 4.70. The number of nitrogens with one attached hydrogen (secondary N) is 1. The number of aliphatic hydroxyl groups is 1. The lowest BCUT2D eigenvalue weighted by atomic mass is 10.1. The summed E-state index contributed by atoms with van der Waals surface area (Å²) in [4.78, 5) is 24.3. The Balaban J connectivity index is 2.05. The van der Waals surface area contributed by atoms with Gasteiger partial charge in [0.05, 0.1) is 18.6 Å². The number of nitrogens with zero attached hydrogens (tertiary/aromatic N) is 1. The zero-order valence-corrected chi connectivity index (χ0v) is 11.0. The molecule has 1 amide bonds. The first-order chi connectivity index (χ1) is 9.58. The van der Waals surface area contributed by atoms with Gasteiger partial charge in [0.25, 0.3) is 0 Å². The Labute approximate surface area is 117 Å². The highest BCUT2D eigenvalue weighted by atomic mass is 16.4. The van der Waals surface area contributed by atoms with Crippen LogP contribution < -0.4 is 5.32 Å². The molecule has 1 saturated heterocycles. The molecule has 1 aromatic rings. The maximum atomic E-state index is 11.8. The highest BCUT2D eigenvalue weighted by Crippen LogP contribution is 2.17. The van der Waals surface area contributed by atoms with Crippen LogP contribution in [0.15, 0.2) is 30.3 Å². The van der Waals surface area contributed by atoms with Crippen LogP contribution in [-0.4, -0.2) is 52.7 Å². The van der Waals surface area contributed by atoms with Gasteiger partial charge in [-0.1, -0.05) is 30.3 Å². The van der Waals surface area contributed by atoms with E-state index in [2.05, 4.69) is 5.32 Å². The molecule has 1 fully saturated rings. The topological polar surface area (TPSA) is 89.9 Å². The van der Waals surface area contributed by atoms with Crippen LogP contribution in [0.5, 0.6) is 0 Å². The molecule has 0 radical (unpaired) electrons. The summed E-state index contributed by atoms with van der Waals surface area (Å²) < 4.78 is 0. The summed E-state index contributed by atoms with van der Waals surface area (Å²) in [6.07, 6.45) is -0.994. The molecule has 1 aromatic carbocycles. The number of β-amino-alcohol motifs (C(OH)–C–C–N with tert-alkyl or cyclic N) is 1. The lowest BCUT2D eigenvalue weighted by Crippen LogP contribution is -2.56. The fourth-order valence-corrected chi connectivity index (χ4v) is 2.37. The van der Waals surface area contributed by atoms with E-state index in [9.17, 15) is 14.7 Å². The van der Waals surface area contributed by atoms with E-state index in [0.29, 0.717) is 13.1 Å². The molecule has 3 N–H and O–H groups in total. The minimum atomic E-state index is -1.02. The number of carbonyl (C=O) groups excluding carboxylic acids is 1. The number of aliphatic hydroxyl groups excluding tert-OH is 1. The van der Waals surface area contributed by atoms with E-state index < -0.39 is 18.1 Å². The Morgan fingerprint density at radius 3 is 2.75 bits per heavy atom. The first-order valence-corrected chi connectivity index (χ1v) is 6.54. The van der Waals surface area contributed by atoms with Crippen LogP contribution >= 0.6 is 0 Å².